The van der Waals surface area contributed by atoms with Gasteiger partial charge in [-0.15, -0.1) is 0 Å². The average Bonchev–Trinajstić information content (AvgIpc) is 2.63. The molecule has 2 aromatic rings. The monoisotopic (exact) mass is 330 g/mol. The number of benzene rings is 2. The van der Waals surface area contributed by atoms with E-state index in [1.807, 2.05) is 12.1 Å². The summed E-state index contributed by atoms with van der Waals surface area (Å²) in [4.78, 5) is 0. The predicted octanol–water partition coefficient (Wildman–Crippen LogP) is 6.78. The van der Waals surface area contributed by atoms with Gasteiger partial charge in [0.05, 0.1) is 6.33 Å². The minimum Gasteiger partial charge on any atom is -0.216 e. The molecule has 0 spiro atoms. The third kappa shape index (κ3) is 3.89. The van der Waals surface area contributed by atoms with Gasteiger partial charge in [-0.25, -0.2) is 13.2 Å². The Bertz CT molecular complexity index is 696. The van der Waals surface area contributed by atoms with Gasteiger partial charge in [-0.05, 0) is 72.8 Å². The van der Waals surface area contributed by atoms with Crippen molar-refractivity contribution < 1.29 is 13.2 Å². The van der Waals surface area contributed by atoms with Crippen molar-refractivity contribution in [1.29, 1.82) is 0 Å². The lowest BCUT2D eigenvalue weighted by Crippen LogP contribution is -2.12. The Morgan fingerprint density at radius 2 is 1.50 bits per heavy atom. The number of hydrogen-bond donors (Lipinski definition) is 0. The summed E-state index contributed by atoms with van der Waals surface area (Å²) < 4.78 is 38.5. The van der Waals surface area contributed by atoms with Crippen LogP contribution in [0.15, 0.2) is 54.9 Å². The summed E-state index contributed by atoms with van der Waals surface area (Å²) in [6.07, 6.45) is 7.58. The van der Waals surface area contributed by atoms with Gasteiger partial charge in [-0.3, -0.25) is 0 Å². The molecule has 126 valence electrons. The average molecular weight is 330 g/mol. The highest BCUT2D eigenvalue weighted by Crippen LogP contribution is 2.37. The molecule has 0 unspecified atom stereocenters. The fraction of sp³-hybridized carbons (Fsp3) is 0.333. The first kappa shape index (κ1) is 16.8. The molecule has 0 aromatic heterocycles. The van der Waals surface area contributed by atoms with E-state index in [9.17, 15) is 13.2 Å². The molecule has 0 aliphatic heterocycles. The van der Waals surface area contributed by atoms with Crippen molar-refractivity contribution in [2.24, 2.45) is 5.92 Å². The van der Waals surface area contributed by atoms with Crippen LogP contribution in [0.4, 0.5) is 13.2 Å². The van der Waals surface area contributed by atoms with E-state index in [1.54, 1.807) is 12.1 Å². The van der Waals surface area contributed by atoms with E-state index in [2.05, 4.69) is 12.1 Å². The normalized spacial score (nSPS) is 21.3. The van der Waals surface area contributed by atoms with Crippen LogP contribution < -0.4 is 0 Å². The Hall–Kier alpha value is -2.03. The highest BCUT2D eigenvalue weighted by Gasteiger charge is 2.21. The summed E-state index contributed by atoms with van der Waals surface area (Å²) in [5.41, 5.74) is 2.86. The fourth-order valence-electron chi connectivity index (χ4n) is 3.60. The first-order valence-corrected chi connectivity index (χ1v) is 8.48. The van der Waals surface area contributed by atoms with Crippen LogP contribution in [0.2, 0.25) is 0 Å². The fourth-order valence-corrected chi connectivity index (χ4v) is 3.60. The summed E-state index contributed by atoms with van der Waals surface area (Å²) in [7, 11) is 0. The molecule has 0 saturated heterocycles. The van der Waals surface area contributed by atoms with Crippen molar-refractivity contribution >= 4 is 0 Å². The summed E-state index contributed by atoms with van der Waals surface area (Å²) in [6, 6.07) is 12.1. The summed E-state index contributed by atoms with van der Waals surface area (Å²) in [5, 5.41) is 0. The molecule has 0 amide bonds. The van der Waals surface area contributed by atoms with Crippen molar-refractivity contribution in [3.63, 3.8) is 0 Å². The zero-order chi connectivity index (χ0) is 16.9. The number of halogens is 3. The Morgan fingerprint density at radius 3 is 2.12 bits per heavy atom. The molecule has 24 heavy (non-hydrogen) atoms. The summed E-state index contributed by atoms with van der Waals surface area (Å²) >= 11 is 0. The topological polar surface area (TPSA) is 0 Å². The molecule has 0 bridgehead atoms. The lowest BCUT2D eigenvalue weighted by atomic mass is 9.77. The number of hydrogen-bond acceptors (Lipinski definition) is 0. The van der Waals surface area contributed by atoms with E-state index in [-0.39, 0.29) is 0 Å². The minimum atomic E-state index is -0.824. The van der Waals surface area contributed by atoms with E-state index in [0.717, 1.165) is 43.7 Å². The van der Waals surface area contributed by atoms with Crippen molar-refractivity contribution in [2.45, 2.75) is 38.0 Å². The maximum Gasteiger partial charge on any atom is 0.159 e. The highest BCUT2D eigenvalue weighted by atomic mass is 19.2. The van der Waals surface area contributed by atoms with Gasteiger partial charge in [0.1, 0.15) is 0 Å². The van der Waals surface area contributed by atoms with Gasteiger partial charge in [0.25, 0.3) is 0 Å². The van der Waals surface area contributed by atoms with Crippen molar-refractivity contribution in [3.05, 3.63) is 72.1 Å². The molecule has 1 saturated carbocycles. The second-order valence-electron chi connectivity index (χ2n) is 6.57. The van der Waals surface area contributed by atoms with Crippen molar-refractivity contribution in [3.8, 4) is 11.1 Å². The molecule has 0 nitrogen and oxygen atoms in total. The first-order chi connectivity index (χ1) is 11.7. The Labute approximate surface area is 141 Å². The van der Waals surface area contributed by atoms with Gasteiger partial charge in [-0.1, -0.05) is 36.4 Å². The standard InChI is InChI=1S/C21H21F3/c22-13-1-2-15-3-5-16(6-4-15)17-7-9-18(10-8-17)19-11-12-20(23)21(24)14-19/h1,7-16H,2-6H2/b13-1+/t15-,16-. The van der Waals surface area contributed by atoms with Crippen LogP contribution in [-0.2, 0) is 0 Å². The third-order valence-electron chi connectivity index (χ3n) is 5.04. The molecular weight excluding hydrogens is 309 g/mol. The molecule has 1 fully saturated rings. The SMILES string of the molecule is F/C=C/C[C@H]1CC[C@H](c2ccc(-c3ccc(F)c(F)c3)cc2)CC1. The molecule has 1 aliphatic rings. The molecule has 0 heterocycles. The Morgan fingerprint density at radius 1 is 0.833 bits per heavy atom. The van der Waals surface area contributed by atoms with Crippen LogP contribution >= 0.6 is 0 Å². The minimum absolute atomic E-state index is 0.537. The third-order valence-corrected chi connectivity index (χ3v) is 5.04. The molecule has 3 rings (SSSR count). The molecule has 0 N–H and O–H groups in total. The smallest absolute Gasteiger partial charge is 0.159 e. The summed E-state index contributed by atoms with van der Waals surface area (Å²) in [6.45, 7) is 0. The number of allylic oxidation sites excluding steroid dienone is 1. The zero-order valence-electron chi connectivity index (χ0n) is 13.5. The quantitative estimate of drug-likeness (QED) is 0.579. The molecular formula is C21H21F3. The van der Waals surface area contributed by atoms with Crippen molar-refractivity contribution in [1.82, 2.24) is 0 Å². The van der Waals surface area contributed by atoms with Crippen molar-refractivity contribution in [2.75, 3.05) is 0 Å². The lowest BCUT2D eigenvalue weighted by Gasteiger charge is -2.28. The van der Waals surface area contributed by atoms with Crippen LogP contribution in [0.1, 0.15) is 43.6 Å². The van der Waals surface area contributed by atoms with E-state index in [1.165, 1.54) is 11.6 Å². The largest absolute Gasteiger partial charge is 0.216 e. The summed E-state index contributed by atoms with van der Waals surface area (Å²) in [5.74, 6) is -0.517. The maximum atomic E-state index is 13.4. The van der Waals surface area contributed by atoms with Gasteiger partial charge < -0.3 is 0 Å². The van der Waals surface area contributed by atoms with Gasteiger partial charge in [0.15, 0.2) is 11.6 Å². The first-order valence-electron chi connectivity index (χ1n) is 8.48. The van der Waals surface area contributed by atoms with Crippen LogP contribution in [-0.4, -0.2) is 0 Å². The van der Waals surface area contributed by atoms with Crippen LogP contribution in [0.3, 0.4) is 0 Å². The van der Waals surface area contributed by atoms with E-state index < -0.39 is 11.6 Å². The lowest BCUT2D eigenvalue weighted by molar-refractivity contribution is 0.327. The Balaban J connectivity index is 1.66. The van der Waals surface area contributed by atoms with Gasteiger partial charge in [-0.2, -0.15) is 0 Å². The highest BCUT2D eigenvalue weighted by molar-refractivity contribution is 5.63. The van der Waals surface area contributed by atoms with Gasteiger partial charge in [0.2, 0.25) is 0 Å². The Kier molecular flexibility index (Phi) is 5.39. The van der Waals surface area contributed by atoms with Crippen LogP contribution in [0, 0.1) is 17.6 Å². The second kappa shape index (κ2) is 7.69. The second-order valence-corrected chi connectivity index (χ2v) is 6.57. The van der Waals surface area contributed by atoms with Crippen LogP contribution in [0.5, 0.6) is 0 Å². The van der Waals surface area contributed by atoms with Gasteiger partial charge >= 0.3 is 0 Å². The van der Waals surface area contributed by atoms with Crippen LogP contribution in [0.25, 0.3) is 11.1 Å². The maximum absolute atomic E-state index is 13.4. The number of rotatable bonds is 4. The molecule has 3 heteroatoms. The van der Waals surface area contributed by atoms with E-state index in [0.29, 0.717) is 23.7 Å². The van der Waals surface area contributed by atoms with E-state index in [4.69, 9.17) is 0 Å². The van der Waals surface area contributed by atoms with Gasteiger partial charge in [0, 0.05) is 0 Å². The molecule has 0 radical (unpaired) electrons. The molecule has 1 aliphatic carbocycles. The zero-order valence-corrected chi connectivity index (χ0v) is 13.5. The molecule has 2 aromatic carbocycles. The predicted molar refractivity (Wildman–Crippen MR) is 91.4 cm³/mol. The van der Waals surface area contributed by atoms with E-state index >= 15 is 0 Å². The molecule has 0 atom stereocenters.